The van der Waals surface area contributed by atoms with Crippen LogP contribution in [0.2, 0.25) is 0 Å². The van der Waals surface area contributed by atoms with E-state index in [1.807, 2.05) is 0 Å². The molecule has 1 atom stereocenters. The summed E-state index contributed by atoms with van der Waals surface area (Å²) in [7, 11) is 0. The van der Waals surface area contributed by atoms with Crippen molar-refractivity contribution in [2.75, 3.05) is 17.2 Å². The number of amidine groups is 1. The largest absolute Gasteiger partial charge is 0.397 e. The fraction of sp³-hybridized carbons (Fsp3) is 0.650. The molecule has 1 aromatic carbocycles. The van der Waals surface area contributed by atoms with Gasteiger partial charge in [0.1, 0.15) is 5.84 Å². The molecule has 1 unspecified atom stereocenters. The molecule has 1 saturated carbocycles. The molecule has 6 nitrogen and oxygen atoms in total. The Morgan fingerprint density at radius 1 is 1.23 bits per heavy atom. The van der Waals surface area contributed by atoms with Crippen LogP contribution < -0.4 is 27.7 Å². The highest BCUT2D eigenvalue weighted by atomic mass is 15.3. The van der Waals surface area contributed by atoms with Crippen molar-refractivity contribution in [3.05, 3.63) is 23.8 Å². The quantitative estimate of drug-likeness (QED) is 0.196. The molecular formula is C20H36N6. The van der Waals surface area contributed by atoms with Crippen LogP contribution in [0.15, 0.2) is 23.3 Å². The molecule has 2 rings (SSSR count). The lowest BCUT2D eigenvalue weighted by Crippen LogP contribution is -2.39. The number of rotatable bonds is 7. The van der Waals surface area contributed by atoms with Crippen LogP contribution in [0.4, 0.5) is 11.4 Å². The van der Waals surface area contributed by atoms with Crippen molar-refractivity contribution in [2.45, 2.75) is 71.3 Å². The summed E-state index contributed by atoms with van der Waals surface area (Å²) in [5.41, 5.74) is 12.3. The molecule has 7 N–H and O–H groups in total. The third-order valence-corrected chi connectivity index (χ3v) is 5.33. The maximum absolute atomic E-state index is 6.50. The SMILES string of the molecule is CC(C)CN(c1ccc(C(C)C/C(=N/N)NN)cc1N)C1CCCCC1. The first-order valence-electron chi connectivity index (χ1n) is 9.85. The van der Waals surface area contributed by atoms with Gasteiger partial charge in [0.2, 0.25) is 0 Å². The molecule has 0 heterocycles. The number of hydrogen-bond acceptors (Lipinski definition) is 5. The highest BCUT2D eigenvalue weighted by Crippen LogP contribution is 2.34. The lowest BCUT2D eigenvalue weighted by molar-refractivity contribution is 0.401. The molecule has 146 valence electrons. The minimum absolute atomic E-state index is 0.234. The van der Waals surface area contributed by atoms with Gasteiger partial charge in [-0.15, -0.1) is 0 Å². The van der Waals surface area contributed by atoms with Crippen molar-refractivity contribution in [3.63, 3.8) is 0 Å². The molecule has 0 amide bonds. The normalized spacial score (nSPS) is 17.3. The Hall–Kier alpha value is -1.95. The van der Waals surface area contributed by atoms with Gasteiger partial charge in [-0.1, -0.05) is 46.1 Å². The van der Waals surface area contributed by atoms with E-state index in [9.17, 15) is 0 Å². The van der Waals surface area contributed by atoms with E-state index in [-0.39, 0.29) is 5.92 Å². The summed E-state index contributed by atoms with van der Waals surface area (Å²) in [5.74, 6) is 12.2. The molecule has 0 saturated heterocycles. The molecular weight excluding hydrogens is 324 g/mol. The second-order valence-corrected chi connectivity index (χ2v) is 7.98. The first kappa shape index (κ1) is 20.4. The van der Waals surface area contributed by atoms with E-state index in [0.717, 1.165) is 12.2 Å². The molecule has 0 aromatic heterocycles. The van der Waals surface area contributed by atoms with Crippen LogP contribution in [-0.2, 0) is 0 Å². The Labute approximate surface area is 158 Å². The van der Waals surface area contributed by atoms with Crippen LogP contribution in [0.1, 0.15) is 70.8 Å². The number of hydrazone groups is 1. The summed E-state index contributed by atoms with van der Waals surface area (Å²) < 4.78 is 0. The van der Waals surface area contributed by atoms with Gasteiger partial charge < -0.3 is 21.9 Å². The summed E-state index contributed by atoms with van der Waals surface area (Å²) in [4.78, 5) is 2.54. The van der Waals surface area contributed by atoms with Gasteiger partial charge in [-0.2, -0.15) is 5.10 Å². The van der Waals surface area contributed by atoms with Gasteiger partial charge in [0.05, 0.1) is 11.4 Å². The highest BCUT2D eigenvalue weighted by Gasteiger charge is 2.24. The minimum Gasteiger partial charge on any atom is -0.397 e. The molecule has 1 aliphatic rings. The lowest BCUT2D eigenvalue weighted by atomic mass is 9.92. The zero-order chi connectivity index (χ0) is 19.1. The Morgan fingerprint density at radius 3 is 2.46 bits per heavy atom. The summed E-state index contributed by atoms with van der Waals surface area (Å²) in [5, 5.41) is 3.68. The molecule has 0 bridgehead atoms. The van der Waals surface area contributed by atoms with Gasteiger partial charge in [-0.25, -0.2) is 5.84 Å². The Morgan fingerprint density at radius 2 is 1.92 bits per heavy atom. The topological polar surface area (TPSA) is 106 Å². The molecule has 0 radical (unpaired) electrons. The molecule has 1 fully saturated rings. The average molecular weight is 361 g/mol. The second-order valence-electron chi connectivity index (χ2n) is 7.98. The third-order valence-electron chi connectivity index (χ3n) is 5.33. The van der Waals surface area contributed by atoms with Gasteiger partial charge in [0, 0.05) is 19.0 Å². The number of nitrogen functional groups attached to an aromatic ring is 1. The van der Waals surface area contributed by atoms with Gasteiger partial charge >= 0.3 is 0 Å². The van der Waals surface area contributed by atoms with Crippen LogP contribution in [0, 0.1) is 5.92 Å². The number of anilines is 2. The fourth-order valence-electron chi connectivity index (χ4n) is 3.93. The van der Waals surface area contributed by atoms with E-state index in [1.54, 1.807) is 0 Å². The molecule has 1 aromatic rings. The number of nitrogens with zero attached hydrogens (tertiary/aromatic N) is 2. The monoisotopic (exact) mass is 360 g/mol. The van der Waals surface area contributed by atoms with Crippen molar-refractivity contribution >= 4 is 17.2 Å². The van der Waals surface area contributed by atoms with E-state index < -0.39 is 0 Å². The van der Waals surface area contributed by atoms with Crippen molar-refractivity contribution in [1.29, 1.82) is 0 Å². The zero-order valence-electron chi connectivity index (χ0n) is 16.5. The predicted molar refractivity (Wildman–Crippen MR) is 112 cm³/mol. The van der Waals surface area contributed by atoms with E-state index >= 15 is 0 Å². The van der Waals surface area contributed by atoms with E-state index in [1.165, 1.54) is 43.4 Å². The standard InChI is InChI=1S/C20H36N6/c1-14(2)13-26(17-7-5-4-6-8-17)19-10-9-16(12-18(19)21)15(3)11-20(24-22)25-23/h9-10,12,14-15,17H,4-8,11,13,21-23H2,1-3H3,(H,24,25). The van der Waals surface area contributed by atoms with Gasteiger partial charge in [0.25, 0.3) is 0 Å². The Balaban J connectivity index is 2.21. The fourth-order valence-corrected chi connectivity index (χ4v) is 3.93. The summed E-state index contributed by atoms with van der Waals surface area (Å²) >= 11 is 0. The summed E-state index contributed by atoms with van der Waals surface area (Å²) in [6, 6.07) is 7.07. The van der Waals surface area contributed by atoms with Gasteiger partial charge in [-0.3, -0.25) is 0 Å². The predicted octanol–water partition coefficient (Wildman–Crippen LogP) is 3.29. The molecule has 26 heavy (non-hydrogen) atoms. The molecule has 0 aliphatic heterocycles. The van der Waals surface area contributed by atoms with E-state index in [4.69, 9.17) is 17.4 Å². The van der Waals surface area contributed by atoms with Crippen LogP contribution >= 0.6 is 0 Å². The maximum atomic E-state index is 6.50. The Kier molecular flexibility index (Phi) is 7.57. The second kappa shape index (κ2) is 9.67. The Bertz CT molecular complexity index is 592. The molecule has 0 spiro atoms. The number of benzene rings is 1. The van der Waals surface area contributed by atoms with Crippen LogP contribution in [0.5, 0.6) is 0 Å². The summed E-state index contributed by atoms with van der Waals surface area (Å²) in [6.45, 7) is 7.72. The average Bonchev–Trinajstić information content (AvgIpc) is 2.64. The molecule has 1 aliphatic carbocycles. The number of nitrogens with one attached hydrogen (secondary N) is 1. The van der Waals surface area contributed by atoms with Gasteiger partial charge in [0.15, 0.2) is 0 Å². The van der Waals surface area contributed by atoms with E-state index in [2.05, 4.69) is 54.4 Å². The lowest BCUT2D eigenvalue weighted by Gasteiger charge is -2.38. The number of hydrogen-bond donors (Lipinski definition) is 4. The third kappa shape index (κ3) is 5.27. The van der Waals surface area contributed by atoms with Crippen LogP contribution in [0.25, 0.3) is 0 Å². The number of hydrazine groups is 1. The molecule has 6 heteroatoms. The van der Waals surface area contributed by atoms with Crippen molar-refractivity contribution in [2.24, 2.45) is 22.7 Å². The van der Waals surface area contributed by atoms with E-state index in [0.29, 0.717) is 24.2 Å². The van der Waals surface area contributed by atoms with Crippen molar-refractivity contribution in [3.8, 4) is 0 Å². The van der Waals surface area contributed by atoms with Crippen molar-refractivity contribution in [1.82, 2.24) is 5.43 Å². The smallest absolute Gasteiger partial charge is 0.136 e. The first-order valence-corrected chi connectivity index (χ1v) is 9.85. The first-order chi connectivity index (χ1) is 12.5. The number of nitrogens with two attached hydrogens (primary N) is 3. The highest BCUT2D eigenvalue weighted by molar-refractivity contribution is 5.82. The van der Waals surface area contributed by atoms with Crippen LogP contribution in [0.3, 0.4) is 0 Å². The van der Waals surface area contributed by atoms with Gasteiger partial charge in [-0.05, 0) is 42.4 Å². The summed E-state index contributed by atoms with van der Waals surface area (Å²) in [6.07, 6.45) is 7.19. The van der Waals surface area contributed by atoms with Crippen molar-refractivity contribution < 1.29 is 0 Å². The minimum atomic E-state index is 0.234. The zero-order valence-corrected chi connectivity index (χ0v) is 16.5. The van der Waals surface area contributed by atoms with Crippen LogP contribution in [-0.4, -0.2) is 18.4 Å². The maximum Gasteiger partial charge on any atom is 0.136 e.